The van der Waals surface area contributed by atoms with Gasteiger partial charge in [-0.2, -0.15) is 0 Å². The van der Waals surface area contributed by atoms with E-state index in [0.29, 0.717) is 0 Å². The van der Waals surface area contributed by atoms with Gasteiger partial charge in [0.05, 0.1) is 36.0 Å². The molecule has 2 N–H and O–H groups in total. The maximum atomic E-state index is 13.4. The fourth-order valence-corrected chi connectivity index (χ4v) is 5.14. The summed E-state index contributed by atoms with van der Waals surface area (Å²) in [6.45, 7) is 4.84. The van der Waals surface area contributed by atoms with Crippen LogP contribution in [-0.2, 0) is 33.2 Å². The Bertz CT molecular complexity index is 1480. The summed E-state index contributed by atoms with van der Waals surface area (Å²) >= 11 is 0. The van der Waals surface area contributed by atoms with Crippen molar-refractivity contribution in [2.75, 3.05) is 13.2 Å². The van der Waals surface area contributed by atoms with Crippen molar-refractivity contribution in [3.05, 3.63) is 120 Å². The third kappa shape index (κ3) is 8.30. The minimum absolute atomic E-state index is 0.0207. The second-order valence-corrected chi connectivity index (χ2v) is 10.9. The zero-order valence-corrected chi connectivity index (χ0v) is 25.5. The van der Waals surface area contributed by atoms with Crippen molar-refractivity contribution >= 4 is 17.9 Å². The largest absolute Gasteiger partial charge is 0.452 e. The van der Waals surface area contributed by atoms with Gasteiger partial charge in [0.15, 0.2) is 30.9 Å². The Balaban J connectivity index is 1.50. The zero-order chi connectivity index (χ0) is 33.3. The lowest BCUT2D eigenvalue weighted by molar-refractivity contribution is -0.350. The summed E-state index contributed by atoms with van der Waals surface area (Å²) in [4.78, 5) is 40.0. The zero-order valence-electron chi connectivity index (χ0n) is 25.5. The number of rotatable bonds is 11. The van der Waals surface area contributed by atoms with Crippen molar-refractivity contribution < 1.29 is 57.8 Å². The van der Waals surface area contributed by atoms with Gasteiger partial charge in [-0.15, -0.1) is 6.58 Å². The van der Waals surface area contributed by atoms with Crippen molar-refractivity contribution in [2.45, 2.75) is 62.2 Å². The van der Waals surface area contributed by atoms with Crippen LogP contribution in [-0.4, -0.2) is 96.6 Å². The first-order valence-corrected chi connectivity index (χ1v) is 15.1. The molecule has 2 aliphatic heterocycles. The number of benzene rings is 3. The van der Waals surface area contributed by atoms with Gasteiger partial charge in [0.25, 0.3) is 0 Å². The molecule has 0 aliphatic carbocycles. The topological polar surface area (TPSA) is 156 Å². The standard InChI is InChI=1S/C35H36O12/c1-3-19-41-34-29(27(37)26(36)21(2)43-34)47-35-30(46-33(40)24-17-11-6-12-18-24)28(45-32(39)23-15-9-5-10-16-23)25(20-42-35)44-31(38)22-13-7-4-8-14-22/h3-18,21,25-30,34-37H,1,19-20H2,2H3/t21-,25-,26-,27+,28+,29+,30-,34+,35+/m0/s1. The molecule has 0 radical (unpaired) electrons. The summed E-state index contributed by atoms with van der Waals surface area (Å²) in [6.07, 6.45) is -10.6. The van der Waals surface area contributed by atoms with Gasteiger partial charge >= 0.3 is 17.9 Å². The molecule has 47 heavy (non-hydrogen) atoms. The van der Waals surface area contributed by atoms with Crippen LogP contribution in [0.25, 0.3) is 0 Å². The molecule has 5 rings (SSSR count). The van der Waals surface area contributed by atoms with Crippen LogP contribution in [0.2, 0.25) is 0 Å². The minimum atomic E-state index is -1.55. The van der Waals surface area contributed by atoms with E-state index in [4.69, 9.17) is 33.2 Å². The molecular weight excluding hydrogens is 612 g/mol. The third-order valence-electron chi connectivity index (χ3n) is 7.61. The first kappa shape index (κ1) is 33.9. The maximum absolute atomic E-state index is 13.4. The van der Waals surface area contributed by atoms with Gasteiger partial charge in [0.1, 0.15) is 18.3 Å². The van der Waals surface area contributed by atoms with Crippen molar-refractivity contribution in [3.8, 4) is 0 Å². The lowest BCUT2D eigenvalue weighted by Crippen LogP contribution is -2.63. The van der Waals surface area contributed by atoms with Crippen LogP contribution >= 0.6 is 0 Å². The summed E-state index contributed by atoms with van der Waals surface area (Å²) in [5.41, 5.74) is 0.578. The summed E-state index contributed by atoms with van der Waals surface area (Å²) in [5.74, 6) is -2.36. The van der Waals surface area contributed by atoms with Crippen LogP contribution in [0.15, 0.2) is 104 Å². The molecule has 2 saturated heterocycles. The molecule has 2 heterocycles. The lowest BCUT2D eigenvalue weighted by atomic mass is 9.99. The Morgan fingerprint density at radius 1 is 0.723 bits per heavy atom. The van der Waals surface area contributed by atoms with E-state index in [1.807, 2.05) is 0 Å². The molecule has 248 valence electrons. The predicted octanol–water partition coefficient (Wildman–Crippen LogP) is 3.07. The smallest absolute Gasteiger partial charge is 0.338 e. The Kier molecular flexibility index (Phi) is 11.5. The van der Waals surface area contributed by atoms with Gasteiger partial charge in [-0.1, -0.05) is 60.7 Å². The number of esters is 3. The number of carbonyl (C=O) groups excluding carboxylic acids is 3. The third-order valence-corrected chi connectivity index (χ3v) is 7.61. The molecule has 3 aromatic carbocycles. The van der Waals surface area contributed by atoms with E-state index in [1.165, 1.54) is 30.3 Å². The quantitative estimate of drug-likeness (QED) is 0.178. The van der Waals surface area contributed by atoms with E-state index in [2.05, 4.69) is 6.58 Å². The SMILES string of the molecule is C=CCO[C@@H]1O[C@@H](C)[C@H](O)[C@@H](O)[C@H]1O[C@H]1OC[C@H](OC(=O)c2ccccc2)[C@@H](OC(=O)c2ccccc2)[C@@H]1OC(=O)c1ccccc1. The Labute approximate surface area is 271 Å². The Hall–Kier alpha value is -4.43. The molecule has 0 amide bonds. The summed E-state index contributed by atoms with van der Waals surface area (Å²) < 4.78 is 41.1. The molecule has 2 fully saturated rings. The van der Waals surface area contributed by atoms with Crippen LogP contribution in [0, 0.1) is 0 Å². The molecule has 0 spiro atoms. The van der Waals surface area contributed by atoms with Crippen LogP contribution < -0.4 is 0 Å². The van der Waals surface area contributed by atoms with E-state index in [0.717, 1.165) is 0 Å². The highest BCUT2D eigenvalue weighted by Gasteiger charge is 2.52. The van der Waals surface area contributed by atoms with Gasteiger partial charge in [-0.25, -0.2) is 14.4 Å². The highest BCUT2D eigenvalue weighted by Crippen LogP contribution is 2.32. The number of hydrogen-bond acceptors (Lipinski definition) is 12. The van der Waals surface area contributed by atoms with E-state index in [9.17, 15) is 24.6 Å². The second kappa shape index (κ2) is 15.9. The van der Waals surface area contributed by atoms with E-state index < -0.39 is 73.2 Å². The fraction of sp³-hybridized carbons (Fsp3) is 0.343. The normalized spacial score (nSPS) is 28.9. The van der Waals surface area contributed by atoms with Crippen molar-refractivity contribution in [1.29, 1.82) is 0 Å². The molecule has 0 unspecified atom stereocenters. The van der Waals surface area contributed by atoms with Gasteiger partial charge in [-0.05, 0) is 43.3 Å². The maximum Gasteiger partial charge on any atom is 0.338 e. The first-order valence-electron chi connectivity index (χ1n) is 15.1. The monoisotopic (exact) mass is 648 g/mol. The van der Waals surface area contributed by atoms with Crippen LogP contribution in [0.3, 0.4) is 0 Å². The van der Waals surface area contributed by atoms with Crippen LogP contribution in [0.1, 0.15) is 38.0 Å². The van der Waals surface area contributed by atoms with Gasteiger partial charge < -0.3 is 43.4 Å². The first-order chi connectivity index (χ1) is 22.8. The number of aliphatic hydroxyl groups excluding tert-OH is 2. The average molecular weight is 649 g/mol. The van der Waals surface area contributed by atoms with E-state index in [1.54, 1.807) is 73.7 Å². The van der Waals surface area contributed by atoms with Crippen molar-refractivity contribution in [2.24, 2.45) is 0 Å². The van der Waals surface area contributed by atoms with Gasteiger partial charge in [-0.3, -0.25) is 0 Å². The summed E-state index contributed by atoms with van der Waals surface area (Å²) in [5, 5.41) is 21.6. The molecule has 12 heteroatoms. The molecule has 12 nitrogen and oxygen atoms in total. The van der Waals surface area contributed by atoms with Crippen LogP contribution in [0.4, 0.5) is 0 Å². The highest BCUT2D eigenvalue weighted by atomic mass is 16.8. The average Bonchev–Trinajstić information content (AvgIpc) is 3.10. The van der Waals surface area contributed by atoms with Crippen LogP contribution in [0.5, 0.6) is 0 Å². The molecule has 0 saturated carbocycles. The molecule has 0 bridgehead atoms. The predicted molar refractivity (Wildman–Crippen MR) is 164 cm³/mol. The summed E-state index contributed by atoms with van der Waals surface area (Å²) in [6, 6.07) is 24.3. The molecule has 2 aliphatic rings. The second-order valence-electron chi connectivity index (χ2n) is 10.9. The van der Waals surface area contributed by atoms with E-state index >= 15 is 0 Å². The number of hydrogen-bond donors (Lipinski definition) is 2. The molecule has 9 atom stereocenters. The number of ether oxygens (including phenoxy) is 7. The Morgan fingerprint density at radius 2 is 1.21 bits per heavy atom. The van der Waals surface area contributed by atoms with Crippen molar-refractivity contribution in [1.82, 2.24) is 0 Å². The fourth-order valence-electron chi connectivity index (χ4n) is 5.14. The van der Waals surface area contributed by atoms with Crippen molar-refractivity contribution in [3.63, 3.8) is 0 Å². The Morgan fingerprint density at radius 3 is 1.72 bits per heavy atom. The molecular formula is C35H36O12. The highest BCUT2D eigenvalue weighted by molar-refractivity contribution is 5.91. The number of aliphatic hydroxyl groups is 2. The van der Waals surface area contributed by atoms with Gasteiger partial charge in [0.2, 0.25) is 0 Å². The van der Waals surface area contributed by atoms with Gasteiger partial charge in [0, 0.05) is 0 Å². The lowest BCUT2D eigenvalue weighted by Gasteiger charge is -2.45. The summed E-state index contributed by atoms with van der Waals surface area (Å²) in [7, 11) is 0. The molecule has 0 aromatic heterocycles. The molecule has 3 aromatic rings. The number of carbonyl (C=O) groups is 3. The minimum Gasteiger partial charge on any atom is -0.452 e. The van der Waals surface area contributed by atoms with E-state index in [-0.39, 0.29) is 29.9 Å².